The van der Waals surface area contributed by atoms with Gasteiger partial charge in [-0.15, -0.1) is 0 Å². The van der Waals surface area contributed by atoms with E-state index in [0.29, 0.717) is 6.54 Å². The lowest BCUT2D eigenvalue weighted by Crippen LogP contribution is -2.39. The van der Waals surface area contributed by atoms with E-state index < -0.39 is 6.61 Å². The molecule has 1 aliphatic rings. The second kappa shape index (κ2) is 5.63. The molecule has 18 heavy (non-hydrogen) atoms. The third kappa shape index (κ3) is 2.73. The van der Waals surface area contributed by atoms with Gasteiger partial charge in [0.1, 0.15) is 10.4 Å². The number of hydrogen-bond acceptors (Lipinski definition) is 3. The van der Waals surface area contributed by atoms with E-state index in [-0.39, 0.29) is 12.6 Å². The second-order valence-electron chi connectivity index (χ2n) is 4.34. The Balaban J connectivity index is 2.02. The standard InChI is InChI=1S/C11H16BrF2N3O/c1-7-9(12)17-4-3-16(5-6-18-11(13)14)8(2)10(17)15-7/h8,11H,3-6H2,1-2H3. The van der Waals surface area contributed by atoms with Crippen LogP contribution in [0.15, 0.2) is 4.60 Å². The molecule has 1 aliphatic heterocycles. The van der Waals surface area contributed by atoms with Gasteiger partial charge >= 0.3 is 6.61 Å². The Morgan fingerprint density at radius 1 is 1.50 bits per heavy atom. The molecule has 0 amide bonds. The van der Waals surface area contributed by atoms with Crippen molar-refractivity contribution in [1.29, 1.82) is 0 Å². The average Bonchev–Trinajstić information content (AvgIpc) is 2.59. The number of nitrogens with zero attached hydrogens (tertiary/aromatic N) is 3. The second-order valence-corrected chi connectivity index (χ2v) is 5.09. The largest absolute Gasteiger partial charge is 0.345 e. The molecule has 102 valence electrons. The highest BCUT2D eigenvalue weighted by Gasteiger charge is 2.27. The average molecular weight is 324 g/mol. The van der Waals surface area contributed by atoms with Crippen LogP contribution in [0.2, 0.25) is 0 Å². The van der Waals surface area contributed by atoms with Crippen molar-refractivity contribution in [3.8, 4) is 0 Å². The van der Waals surface area contributed by atoms with Crippen LogP contribution in [0, 0.1) is 6.92 Å². The number of fused-ring (bicyclic) bond motifs is 1. The van der Waals surface area contributed by atoms with Crippen LogP contribution in [0.4, 0.5) is 8.78 Å². The quantitative estimate of drug-likeness (QED) is 0.853. The number of hydrogen-bond donors (Lipinski definition) is 0. The summed E-state index contributed by atoms with van der Waals surface area (Å²) in [4.78, 5) is 6.62. The van der Waals surface area contributed by atoms with Crippen molar-refractivity contribution in [3.63, 3.8) is 0 Å². The van der Waals surface area contributed by atoms with Gasteiger partial charge in [0.15, 0.2) is 0 Å². The topological polar surface area (TPSA) is 30.3 Å². The summed E-state index contributed by atoms with van der Waals surface area (Å²) in [5.74, 6) is 0.975. The smallest absolute Gasteiger partial charge is 0.322 e. The van der Waals surface area contributed by atoms with Gasteiger partial charge in [0, 0.05) is 19.6 Å². The van der Waals surface area contributed by atoms with Crippen molar-refractivity contribution in [1.82, 2.24) is 14.5 Å². The molecular weight excluding hydrogens is 308 g/mol. The molecule has 2 rings (SSSR count). The summed E-state index contributed by atoms with van der Waals surface area (Å²) in [5, 5.41) is 0. The summed E-state index contributed by atoms with van der Waals surface area (Å²) in [6, 6.07) is 0.116. The molecule has 7 heteroatoms. The van der Waals surface area contributed by atoms with E-state index in [0.717, 1.165) is 29.2 Å². The van der Waals surface area contributed by atoms with Gasteiger partial charge in [0.2, 0.25) is 0 Å². The number of rotatable bonds is 4. The molecule has 1 aromatic heterocycles. The van der Waals surface area contributed by atoms with E-state index >= 15 is 0 Å². The molecule has 0 spiro atoms. The van der Waals surface area contributed by atoms with E-state index in [1.165, 1.54) is 0 Å². The van der Waals surface area contributed by atoms with E-state index in [9.17, 15) is 8.78 Å². The summed E-state index contributed by atoms with van der Waals surface area (Å²) in [6.45, 7) is 3.46. The fourth-order valence-electron chi connectivity index (χ4n) is 2.26. The van der Waals surface area contributed by atoms with Crippen molar-refractivity contribution in [2.24, 2.45) is 0 Å². The fourth-order valence-corrected chi connectivity index (χ4v) is 2.70. The molecule has 1 unspecified atom stereocenters. The Kier molecular flexibility index (Phi) is 4.34. The predicted molar refractivity (Wildman–Crippen MR) is 66.6 cm³/mol. The number of aryl methyl sites for hydroxylation is 1. The lowest BCUT2D eigenvalue weighted by atomic mass is 10.2. The van der Waals surface area contributed by atoms with Gasteiger partial charge in [-0.25, -0.2) is 4.98 Å². The van der Waals surface area contributed by atoms with E-state index in [2.05, 4.69) is 35.1 Å². The van der Waals surface area contributed by atoms with Crippen LogP contribution in [0.3, 0.4) is 0 Å². The molecule has 0 radical (unpaired) electrons. The number of alkyl halides is 2. The lowest BCUT2D eigenvalue weighted by molar-refractivity contribution is -0.133. The van der Waals surface area contributed by atoms with Gasteiger partial charge in [-0.3, -0.25) is 4.90 Å². The third-order valence-corrected chi connectivity index (χ3v) is 4.25. The van der Waals surface area contributed by atoms with E-state index in [1.807, 2.05) is 13.8 Å². The third-order valence-electron chi connectivity index (χ3n) is 3.25. The van der Waals surface area contributed by atoms with E-state index in [1.54, 1.807) is 0 Å². The maximum atomic E-state index is 11.9. The van der Waals surface area contributed by atoms with Crippen LogP contribution in [-0.2, 0) is 11.3 Å². The van der Waals surface area contributed by atoms with Crippen molar-refractivity contribution >= 4 is 15.9 Å². The first-order valence-corrected chi connectivity index (χ1v) is 6.66. The molecule has 0 N–H and O–H groups in total. The lowest BCUT2D eigenvalue weighted by Gasteiger charge is -2.33. The minimum absolute atomic E-state index is 0.0445. The highest BCUT2D eigenvalue weighted by Crippen LogP contribution is 2.29. The Bertz CT molecular complexity index is 425. The van der Waals surface area contributed by atoms with Gasteiger partial charge in [0.25, 0.3) is 0 Å². The minimum Gasteiger partial charge on any atom is -0.322 e. The number of aromatic nitrogens is 2. The van der Waals surface area contributed by atoms with Gasteiger partial charge in [-0.05, 0) is 29.8 Å². The summed E-state index contributed by atoms with van der Waals surface area (Å²) >= 11 is 3.51. The molecule has 0 saturated carbocycles. The van der Waals surface area contributed by atoms with Crippen molar-refractivity contribution in [2.45, 2.75) is 33.0 Å². The maximum absolute atomic E-state index is 11.9. The highest BCUT2D eigenvalue weighted by molar-refractivity contribution is 9.10. The molecular formula is C11H16BrF2N3O. The molecule has 0 aromatic carbocycles. The Morgan fingerprint density at radius 2 is 2.22 bits per heavy atom. The van der Waals surface area contributed by atoms with Crippen molar-refractivity contribution < 1.29 is 13.5 Å². The van der Waals surface area contributed by atoms with Crippen LogP contribution in [0.1, 0.15) is 24.5 Å². The molecule has 1 aromatic rings. The first-order chi connectivity index (χ1) is 8.50. The number of imidazole rings is 1. The summed E-state index contributed by atoms with van der Waals surface area (Å²) < 4.78 is 31.3. The molecule has 2 heterocycles. The summed E-state index contributed by atoms with van der Waals surface area (Å²) in [6.07, 6.45) is 0. The Hall–Kier alpha value is -0.530. The van der Waals surface area contributed by atoms with Gasteiger partial charge < -0.3 is 9.30 Å². The normalized spacial score (nSPS) is 20.4. The highest BCUT2D eigenvalue weighted by atomic mass is 79.9. The molecule has 1 atom stereocenters. The first-order valence-electron chi connectivity index (χ1n) is 5.87. The zero-order valence-corrected chi connectivity index (χ0v) is 12.0. The van der Waals surface area contributed by atoms with Crippen LogP contribution < -0.4 is 0 Å². The number of halogens is 3. The van der Waals surface area contributed by atoms with Crippen molar-refractivity contribution in [3.05, 3.63) is 16.1 Å². The van der Waals surface area contributed by atoms with E-state index in [4.69, 9.17) is 0 Å². The molecule has 0 fully saturated rings. The van der Waals surface area contributed by atoms with Crippen LogP contribution in [-0.4, -0.2) is 40.8 Å². The molecule has 4 nitrogen and oxygen atoms in total. The maximum Gasteiger partial charge on any atom is 0.345 e. The monoisotopic (exact) mass is 323 g/mol. The minimum atomic E-state index is -2.69. The summed E-state index contributed by atoms with van der Waals surface area (Å²) in [7, 11) is 0. The zero-order chi connectivity index (χ0) is 13.3. The van der Waals surface area contributed by atoms with Crippen LogP contribution in [0.25, 0.3) is 0 Å². The van der Waals surface area contributed by atoms with Gasteiger partial charge in [-0.1, -0.05) is 0 Å². The molecule has 0 aliphatic carbocycles. The SMILES string of the molecule is Cc1nc2n(c1Br)CCN(CCOC(F)F)C2C. The number of ether oxygens (including phenoxy) is 1. The predicted octanol–water partition coefficient (Wildman–Crippen LogP) is 2.57. The molecule has 0 bridgehead atoms. The van der Waals surface area contributed by atoms with Crippen LogP contribution in [0.5, 0.6) is 0 Å². The van der Waals surface area contributed by atoms with Crippen LogP contribution >= 0.6 is 15.9 Å². The van der Waals surface area contributed by atoms with Gasteiger partial charge in [-0.2, -0.15) is 8.78 Å². The Labute approximate surface area is 113 Å². The fraction of sp³-hybridized carbons (Fsp3) is 0.727. The molecule has 0 saturated heterocycles. The van der Waals surface area contributed by atoms with Gasteiger partial charge in [0.05, 0.1) is 18.3 Å². The first kappa shape index (κ1) is 13.9. The van der Waals surface area contributed by atoms with Crippen molar-refractivity contribution in [2.75, 3.05) is 19.7 Å². The Morgan fingerprint density at radius 3 is 2.89 bits per heavy atom. The zero-order valence-electron chi connectivity index (χ0n) is 10.4. The summed E-state index contributed by atoms with van der Waals surface area (Å²) in [5.41, 5.74) is 0.961.